The van der Waals surface area contributed by atoms with Crippen LogP contribution in [0.1, 0.15) is 50.7 Å². The number of hydrogen-bond acceptors (Lipinski definition) is 1. The minimum absolute atomic E-state index is 0.0821. The second kappa shape index (κ2) is 4.17. The van der Waals surface area contributed by atoms with Crippen molar-refractivity contribution >= 4 is 0 Å². The van der Waals surface area contributed by atoms with Gasteiger partial charge >= 0.3 is 0 Å². The summed E-state index contributed by atoms with van der Waals surface area (Å²) in [4.78, 5) is 0. The quantitative estimate of drug-likeness (QED) is 0.805. The van der Waals surface area contributed by atoms with E-state index in [9.17, 15) is 4.39 Å². The first kappa shape index (κ1) is 11.6. The predicted molar refractivity (Wildman–Crippen MR) is 65.1 cm³/mol. The van der Waals surface area contributed by atoms with E-state index >= 15 is 0 Å². The van der Waals surface area contributed by atoms with E-state index in [1.54, 1.807) is 6.07 Å². The molecule has 1 aliphatic heterocycles. The molecule has 1 atom stereocenters. The lowest BCUT2D eigenvalue weighted by Crippen LogP contribution is -2.34. The molecule has 0 radical (unpaired) electrons. The summed E-state index contributed by atoms with van der Waals surface area (Å²) in [6, 6.07) is 5.52. The van der Waals surface area contributed by atoms with E-state index in [0.29, 0.717) is 5.92 Å². The first-order valence-corrected chi connectivity index (χ1v) is 6.08. The van der Waals surface area contributed by atoms with Crippen LogP contribution >= 0.6 is 0 Å². The largest absolute Gasteiger partial charge is 0.308 e. The van der Waals surface area contributed by atoms with Crippen molar-refractivity contribution in [3.63, 3.8) is 0 Å². The number of rotatable bonds is 2. The highest BCUT2D eigenvalue weighted by molar-refractivity contribution is 5.33. The number of halogens is 1. The van der Waals surface area contributed by atoms with E-state index in [1.807, 2.05) is 12.1 Å². The van der Waals surface area contributed by atoms with Gasteiger partial charge in [-0.05, 0) is 43.9 Å². The molecule has 0 aromatic heterocycles. The van der Waals surface area contributed by atoms with Gasteiger partial charge < -0.3 is 5.32 Å². The lowest BCUT2D eigenvalue weighted by atomic mass is 9.87. The third-order valence-electron chi connectivity index (χ3n) is 3.62. The third kappa shape index (κ3) is 1.99. The SMILES string of the molecule is CC(C)c1ccc(F)c(C2(C)CCCN2)c1. The molecule has 1 N–H and O–H groups in total. The summed E-state index contributed by atoms with van der Waals surface area (Å²) in [6.07, 6.45) is 2.15. The Hall–Kier alpha value is -0.890. The fourth-order valence-corrected chi connectivity index (χ4v) is 2.45. The van der Waals surface area contributed by atoms with Crippen molar-refractivity contribution < 1.29 is 4.39 Å². The van der Waals surface area contributed by atoms with Crippen molar-refractivity contribution in [1.82, 2.24) is 5.32 Å². The number of hydrogen-bond donors (Lipinski definition) is 1. The van der Waals surface area contributed by atoms with Gasteiger partial charge in [0, 0.05) is 11.1 Å². The number of nitrogens with one attached hydrogen (secondary N) is 1. The van der Waals surface area contributed by atoms with Gasteiger partial charge in [-0.15, -0.1) is 0 Å². The van der Waals surface area contributed by atoms with E-state index in [0.717, 1.165) is 24.9 Å². The van der Waals surface area contributed by atoms with Crippen molar-refractivity contribution in [2.45, 2.75) is 45.1 Å². The summed E-state index contributed by atoms with van der Waals surface area (Å²) in [7, 11) is 0. The van der Waals surface area contributed by atoms with Gasteiger partial charge in [0.15, 0.2) is 0 Å². The second-order valence-corrected chi connectivity index (χ2v) is 5.26. The Morgan fingerprint density at radius 1 is 1.38 bits per heavy atom. The maximum atomic E-state index is 13.9. The highest BCUT2D eigenvalue weighted by Crippen LogP contribution is 2.33. The van der Waals surface area contributed by atoms with Gasteiger partial charge in [0.25, 0.3) is 0 Å². The van der Waals surface area contributed by atoms with Crippen LogP contribution < -0.4 is 5.32 Å². The third-order valence-corrected chi connectivity index (χ3v) is 3.62. The first-order valence-electron chi connectivity index (χ1n) is 6.08. The lowest BCUT2D eigenvalue weighted by Gasteiger charge is -2.26. The maximum Gasteiger partial charge on any atom is 0.128 e. The van der Waals surface area contributed by atoms with Crippen LogP contribution in [0.15, 0.2) is 18.2 Å². The minimum Gasteiger partial charge on any atom is -0.308 e. The highest BCUT2D eigenvalue weighted by atomic mass is 19.1. The predicted octanol–water partition coefficient (Wildman–Crippen LogP) is 3.55. The van der Waals surface area contributed by atoms with Gasteiger partial charge in [-0.25, -0.2) is 4.39 Å². The molecule has 88 valence electrons. The van der Waals surface area contributed by atoms with Crippen LogP contribution in [0.4, 0.5) is 4.39 Å². The first-order chi connectivity index (χ1) is 7.53. The van der Waals surface area contributed by atoms with E-state index < -0.39 is 0 Å². The van der Waals surface area contributed by atoms with E-state index in [4.69, 9.17) is 0 Å². The summed E-state index contributed by atoms with van der Waals surface area (Å²) < 4.78 is 13.9. The van der Waals surface area contributed by atoms with Crippen molar-refractivity contribution in [3.8, 4) is 0 Å². The Kier molecular flexibility index (Phi) is 3.02. The van der Waals surface area contributed by atoms with Crippen LogP contribution in [0, 0.1) is 5.82 Å². The van der Waals surface area contributed by atoms with E-state index in [1.165, 1.54) is 5.56 Å². The molecule has 1 saturated heterocycles. The Labute approximate surface area is 97.1 Å². The Morgan fingerprint density at radius 2 is 2.12 bits per heavy atom. The molecular weight excluding hydrogens is 201 g/mol. The Morgan fingerprint density at radius 3 is 2.69 bits per heavy atom. The molecule has 1 heterocycles. The molecule has 1 aromatic rings. The van der Waals surface area contributed by atoms with Gasteiger partial charge in [0.05, 0.1) is 0 Å². The van der Waals surface area contributed by atoms with Crippen LogP contribution in [0.25, 0.3) is 0 Å². The fraction of sp³-hybridized carbons (Fsp3) is 0.571. The molecule has 2 rings (SSSR count). The van der Waals surface area contributed by atoms with Crippen LogP contribution in [0.2, 0.25) is 0 Å². The summed E-state index contributed by atoms with van der Waals surface area (Å²) in [5, 5.41) is 3.42. The van der Waals surface area contributed by atoms with Crippen molar-refractivity contribution in [3.05, 3.63) is 35.1 Å². The Bertz CT molecular complexity index is 378. The van der Waals surface area contributed by atoms with E-state index in [-0.39, 0.29) is 11.4 Å². The van der Waals surface area contributed by atoms with Crippen molar-refractivity contribution in [2.75, 3.05) is 6.54 Å². The highest BCUT2D eigenvalue weighted by Gasteiger charge is 2.32. The Balaban J connectivity index is 2.42. The fourth-order valence-electron chi connectivity index (χ4n) is 2.45. The van der Waals surface area contributed by atoms with Gasteiger partial charge in [-0.2, -0.15) is 0 Å². The molecule has 1 aliphatic rings. The van der Waals surface area contributed by atoms with Gasteiger partial charge in [0.1, 0.15) is 5.82 Å². The summed E-state index contributed by atoms with van der Waals surface area (Å²) in [5.74, 6) is 0.366. The molecule has 2 heteroatoms. The minimum atomic E-state index is -0.172. The van der Waals surface area contributed by atoms with E-state index in [2.05, 4.69) is 26.1 Å². The zero-order valence-electron chi connectivity index (χ0n) is 10.3. The molecule has 0 saturated carbocycles. The van der Waals surface area contributed by atoms with Crippen molar-refractivity contribution in [2.24, 2.45) is 0 Å². The molecule has 16 heavy (non-hydrogen) atoms. The zero-order chi connectivity index (χ0) is 11.8. The molecule has 1 fully saturated rings. The summed E-state index contributed by atoms with van der Waals surface area (Å²) in [5.41, 5.74) is 1.87. The molecule has 1 nitrogen and oxygen atoms in total. The second-order valence-electron chi connectivity index (χ2n) is 5.26. The molecule has 0 bridgehead atoms. The molecule has 1 unspecified atom stereocenters. The zero-order valence-corrected chi connectivity index (χ0v) is 10.3. The lowest BCUT2D eigenvalue weighted by molar-refractivity contribution is 0.410. The molecular formula is C14H20FN. The smallest absolute Gasteiger partial charge is 0.128 e. The van der Waals surface area contributed by atoms with Gasteiger partial charge in [-0.1, -0.05) is 26.0 Å². The molecule has 0 aliphatic carbocycles. The topological polar surface area (TPSA) is 12.0 Å². The van der Waals surface area contributed by atoms with Gasteiger partial charge in [0.2, 0.25) is 0 Å². The van der Waals surface area contributed by atoms with Gasteiger partial charge in [-0.3, -0.25) is 0 Å². The average Bonchev–Trinajstić information content (AvgIpc) is 2.66. The molecule has 0 amide bonds. The van der Waals surface area contributed by atoms with Crippen LogP contribution in [-0.4, -0.2) is 6.54 Å². The van der Waals surface area contributed by atoms with Crippen LogP contribution in [0.5, 0.6) is 0 Å². The average molecular weight is 221 g/mol. The van der Waals surface area contributed by atoms with Crippen LogP contribution in [0.3, 0.4) is 0 Å². The normalized spacial score (nSPS) is 25.3. The van der Waals surface area contributed by atoms with Crippen molar-refractivity contribution in [1.29, 1.82) is 0 Å². The standard InChI is InChI=1S/C14H20FN/c1-10(2)11-5-6-13(15)12(9-11)14(3)7-4-8-16-14/h5-6,9-10,16H,4,7-8H2,1-3H3. The maximum absolute atomic E-state index is 13.9. The van der Waals surface area contributed by atoms with Crippen LogP contribution in [-0.2, 0) is 5.54 Å². The summed E-state index contributed by atoms with van der Waals surface area (Å²) >= 11 is 0. The molecule has 0 spiro atoms. The monoisotopic (exact) mass is 221 g/mol. The summed E-state index contributed by atoms with van der Waals surface area (Å²) in [6.45, 7) is 7.37. The number of benzene rings is 1. The molecule has 1 aromatic carbocycles.